The number of benzene rings is 2. The zero-order chi connectivity index (χ0) is 19.1. The Kier molecular flexibility index (Phi) is 4.01. The number of rotatable bonds is 3. The zero-order valence-corrected chi connectivity index (χ0v) is 16.4. The Labute approximate surface area is 169 Å². The fraction of sp³-hybridized carbons (Fsp3) is 0.0476. The Balaban J connectivity index is 1.69. The minimum absolute atomic E-state index is 0.627. The molecule has 0 aliphatic carbocycles. The van der Waals surface area contributed by atoms with E-state index in [-0.39, 0.29) is 0 Å². The van der Waals surface area contributed by atoms with E-state index in [1.807, 2.05) is 42.1 Å². The molecule has 5 rings (SSSR count). The lowest BCUT2D eigenvalue weighted by atomic mass is 10.1. The van der Waals surface area contributed by atoms with Gasteiger partial charge in [-0.15, -0.1) is 22.7 Å². The van der Waals surface area contributed by atoms with E-state index in [0.717, 1.165) is 49.3 Å². The van der Waals surface area contributed by atoms with E-state index in [0.29, 0.717) is 5.56 Å². The third kappa shape index (κ3) is 2.89. The van der Waals surface area contributed by atoms with Gasteiger partial charge in [-0.25, -0.2) is 15.0 Å². The van der Waals surface area contributed by atoms with Crippen molar-refractivity contribution in [1.29, 1.82) is 5.26 Å². The monoisotopic (exact) mass is 399 g/mol. The van der Waals surface area contributed by atoms with E-state index in [4.69, 9.17) is 10.2 Å². The van der Waals surface area contributed by atoms with Crippen LogP contribution in [0.15, 0.2) is 53.4 Å². The van der Waals surface area contributed by atoms with Crippen molar-refractivity contribution in [3.05, 3.63) is 64.6 Å². The molecular formula is C21H13N5S2. The molecule has 5 nitrogen and oxygen atoms in total. The average Bonchev–Trinajstić information content (AvgIpc) is 3.46. The van der Waals surface area contributed by atoms with Gasteiger partial charge in [0.25, 0.3) is 0 Å². The standard InChI is InChI=1S/C21H13N5S2/c1-12-10-27-21(24-12)19-18(15-6-7-16-17(8-15)28-11-23-16)25-20(26-19)14-4-2-13(9-22)3-5-14/h2-8,10-11H,1H3,(H,25,26). The van der Waals surface area contributed by atoms with Gasteiger partial charge in [0.15, 0.2) is 0 Å². The largest absolute Gasteiger partial charge is 0.335 e. The minimum atomic E-state index is 0.627. The van der Waals surface area contributed by atoms with Gasteiger partial charge in [-0.05, 0) is 43.3 Å². The average molecular weight is 400 g/mol. The van der Waals surface area contributed by atoms with Gasteiger partial charge in [0, 0.05) is 22.2 Å². The van der Waals surface area contributed by atoms with Crippen LogP contribution in [0.4, 0.5) is 0 Å². The molecule has 0 fully saturated rings. The lowest BCUT2D eigenvalue weighted by Gasteiger charge is -2.00. The number of nitriles is 1. The molecule has 0 unspecified atom stereocenters. The van der Waals surface area contributed by atoms with Gasteiger partial charge in [-0.2, -0.15) is 5.26 Å². The predicted octanol–water partition coefficient (Wildman–Crippen LogP) is 5.66. The van der Waals surface area contributed by atoms with Gasteiger partial charge < -0.3 is 4.98 Å². The maximum absolute atomic E-state index is 9.03. The molecule has 5 aromatic rings. The van der Waals surface area contributed by atoms with Crippen LogP contribution in [0.25, 0.3) is 43.6 Å². The molecule has 134 valence electrons. The normalized spacial score (nSPS) is 11.0. The maximum atomic E-state index is 9.03. The summed E-state index contributed by atoms with van der Waals surface area (Å²) in [5, 5.41) is 12.0. The molecule has 2 aromatic carbocycles. The van der Waals surface area contributed by atoms with Crippen LogP contribution in [0, 0.1) is 18.3 Å². The number of aromatic amines is 1. The molecule has 0 saturated heterocycles. The van der Waals surface area contributed by atoms with E-state index in [2.05, 4.69) is 27.1 Å². The second-order valence-electron chi connectivity index (χ2n) is 6.33. The second kappa shape index (κ2) is 6.68. The molecule has 0 aliphatic rings. The van der Waals surface area contributed by atoms with Crippen LogP contribution in [-0.2, 0) is 0 Å². The summed E-state index contributed by atoms with van der Waals surface area (Å²) in [6.07, 6.45) is 0. The quantitative estimate of drug-likeness (QED) is 0.425. The number of hydrogen-bond acceptors (Lipinski definition) is 6. The zero-order valence-electron chi connectivity index (χ0n) is 14.8. The molecule has 0 spiro atoms. The molecule has 0 radical (unpaired) electrons. The highest BCUT2D eigenvalue weighted by atomic mass is 32.1. The third-order valence-corrected chi connectivity index (χ3v) is 6.20. The number of nitrogens with one attached hydrogen (secondary N) is 1. The Morgan fingerprint density at radius 1 is 1.00 bits per heavy atom. The van der Waals surface area contributed by atoms with Crippen molar-refractivity contribution < 1.29 is 0 Å². The first-order chi connectivity index (χ1) is 13.7. The van der Waals surface area contributed by atoms with Crippen molar-refractivity contribution in [3.8, 4) is 39.4 Å². The molecule has 0 bridgehead atoms. The summed E-state index contributed by atoms with van der Waals surface area (Å²) in [6, 6.07) is 15.8. The summed E-state index contributed by atoms with van der Waals surface area (Å²) in [6.45, 7) is 1.99. The maximum Gasteiger partial charge on any atom is 0.142 e. The first-order valence-electron chi connectivity index (χ1n) is 8.58. The molecule has 3 heterocycles. The van der Waals surface area contributed by atoms with Crippen LogP contribution in [-0.4, -0.2) is 19.9 Å². The molecule has 0 aliphatic heterocycles. The summed E-state index contributed by atoms with van der Waals surface area (Å²) < 4.78 is 1.13. The second-order valence-corrected chi connectivity index (χ2v) is 8.07. The fourth-order valence-electron chi connectivity index (χ4n) is 3.05. The number of H-pyrrole nitrogens is 1. The van der Waals surface area contributed by atoms with Gasteiger partial charge in [0.1, 0.15) is 16.5 Å². The van der Waals surface area contributed by atoms with E-state index in [1.54, 1.807) is 34.8 Å². The molecular weight excluding hydrogens is 386 g/mol. The SMILES string of the molecule is Cc1csc(-c2[nH]c(-c3ccc(C#N)cc3)nc2-c2ccc3ncsc3c2)n1. The Morgan fingerprint density at radius 3 is 2.57 bits per heavy atom. The highest BCUT2D eigenvalue weighted by Gasteiger charge is 2.18. The van der Waals surface area contributed by atoms with E-state index in [1.165, 1.54) is 0 Å². The number of thiazole rings is 2. The lowest BCUT2D eigenvalue weighted by Crippen LogP contribution is -1.83. The number of aryl methyl sites for hydroxylation is 1. The smallest absolute Gasteiger partial charge is 0.142 e. The highest BCUT2D eigenvalue weighted by Crippen LogP contribution is 2.36. The number of imidazole rings is 1. The third-order valence-electron chi connectivity index (χ3n) is 4.43. The number of nitrogens with zero attached hydrogens (tertiary/aromatic N) is 4. The molecule has 28 heavy (non-hydrogen) atoms. The Bertz CT molecular complexity index is 1340. The fourth-order valence-corrected chi connectivity index (χ4v) is 4.56. The van der Waals surface area contributed by atoms with E-state index >= 15 is 0 Å². The van der Waals surface area contributed by atoms with Crippen LogP contribution in [0.5, 0.6) is 0 Å². The molecule has 3 aromatic heterocycles. The van der Waals surface area contributed by atoms with Crippen LogP contribution in [0.3, 0.4) is 0 Å². The Morgan fingerprint density at radius 2 is 1.82 bits per heavy atom. The first-order valence-corrected chi connectivity index (χ1v) is 10.3. The van der Waals surface area contributed by atoms with Crippen LogP contribution in [0.1, 0.15) is 11.3 Å². The number of aromatic nitrogens is 4. The van der Waals surface area contributed by atoms with Gasteiger partial charge >= 0.3 is 0 Å². The Hall–Kier alpha value is -3.34. The van der Waals surface area contributed by atoms with Crippen molar-refractivity contribution in [2.45, 2.75) is 6.92 Å². The van der Waals surface area contributed by atoms with Gasteiger partial charge in [-0.1, -0.05) is 6.07 Å². The summed E-state index contributed by atoms with van der Waals surface area (Å²) in [5.41, 5.74) is 8.18. The summed E-state index contributed by atoms with van der Waals surface area (Å²) in [5.74, 6) is 0.756. The molecule has 0 atom stereocenters. The van der Waals surface area contributed by atoms with Crippen molar-refractivity contribution in [1.82, 2.24) is 19.9 Å². The number of hydrogen-bond donors (Lipinski definition) is 1. The summed E-state index contributed by atoms with van der Waals surface area (Å²) >= 11 is 3.21. The first kappa shape index (κ1) is 16.8. The van der Waals surface area contributed by atoms with Crippen molar-refractivity contribution in [2.75, 3.05) is 0 Å². The van der Waals surface area contributed by atoms with Crippen LogP contribution in [0.2, 0.25) is 0 Å². The minimum Gasteiger partial charge on any atom is -0.335 e. The van der Waals surface area contributed by atoms with E-state index < -0.39 is 0 Å². The molecule has 7 heteroatoms. The van der Waals surface area contributed by atoms with Gasteiger partial charge in [0.05, 0.1) is 33.1 Å². The molecule has 0 amide bonds. The van der Waals surface area contributed by atoms with Crippen molar-refractivity contribution >= 4 is 32.9 Å². The highest BCUT2D eigenvalue weighted by molar-refractivity contribution is 7.16. The summed E-state index contributed by atoms with van der Waals surface area (Å²) in [7, 11) is 0. The predicted molar refractivity (Wildman–Crippen MR) is 113 cm³/mol. The van der Waals surface area contributed by atoms with Crippen molar-refractivity contribution in [2.24, 2.45) is 0 Å². The lowest BCUT2D eigenvalue weighted by molar-refractivity contribution is 1.25. The summed E-state index contributed by atoms with van der Waals surface area (Å²) in [4.78, 5) is 17.4. The molecule has 1 N–H and O–H groups in total. The van der Waals surface area contributed by atoms with Crippen LogP contribution >= 0.6 is 22.7 Å². The topological polar surface area (TPSA) is 78.2 Å². The number of fused-ring (bicyclic) bond motifs is 1. The van der Waals surface area contributed by atoms with Crippen molar-refractivity contribution in [3.63, 3.8) is 0 Å². The van der Waals surface area contributed by atoms with Gasteiger partial charge in [-0.3, -0.25) is 0 Å². The van der Waals surface area contributed by atoms with Gasteiger partial charge in [0.2, 0.25) is 0 Å². The molecule has 0 saturated carbocycles. The van der Waals surface area contributed by atoms with E-state index in [9.17, 15) is 0 Å². The van der Waals surface area contributed by atoms with Crippen LogP contribution < -0.4 is 0 Å².